The average Bonchev–Trinajstić information content (AvgIpc) is 3.42. The van der Waals surface area contributed by atoms with E-state index >= 15 is 0 Å². The molecule has 1 saturated carbocycles. The van der Waals surface area contributed by atoms with E-state index in [4.69, 9.17) is 19.3 Å². The van der Waals surface area contributed by atoms with Crippen molar-refractivity contribution in [3.63, 3.8) is 0 Å². The molecule has 2 aromatic rings. The van der Waals surface area contributed by atoms with Gasteiger partial charge >= 0.3 is 11.9 Å². The molecular formula is C31H40O6. The number of hydrogen-bond acceptors (Lipinski definition) is 6. The SMILES string of the molecule is C=C(C)C(=O)OCCOc1ccccc1.C=C(CCC)C(=O)OC1CCCC1.OC=Cc1ccccc1. The quantitative estimate of drug-likeness (QED) is 0.158. The average molecular weight is 509 g/mol. The number of ether oxygens (including phenoxy) is 3. The summed E-state index contributed by atoms with van der Waals surface area (Å²) in [5, 5.41) is 8.34. The van der Waals surface area contributed by atoms with Gasteiger partial charge in [-0.2, -0.15) is 0 Å². The summed E-state index contributed by atoms with van der Waals surface area (Å²) in [6, 6.07) is 19.0. The van der Waals surface area contributed by atoms with Crippen LogP contribution < -0.4 is 4.74 Å². The molecule has 0 unspecified atom stereocenters. The Kier molecular flexibility index (Phi) is 16.4. The summed E-state index contributed by atoms with van der Waals surface area (Å²) in [4.78, 5) is 22.3. The van der Waals surface area contributed by atoms with Crippen LogP contribution >= 0.6 is 0 Å². The number of carbonyl (C=O) groups excluding carboxylic acids is 2. The van der Waals surface area contributed by atoms with E-state index in [1.807, 2.05) is 67.6 Å². The highest BCUT2D eigenvalue weighted by atomic mass is 16.6. The van der Waals surface area contributed by atoms with Crippen LogP contribution in [0.3, 0.4) is 0 Å². The standard InChI is InChI=1S/C12H14O3.C11H18O2.C8H8O/c1-10(2)12(13)15-9-8-14-11-6-4-3-5-7-11;1-3-6-9(2)11(12)13-10-7-4-5-8-10;9-7-6-8-4-2-1-3-5-8/h3-7H,1,8-9H2,2H3;10H,2-8H2,1H3;1-7,9H. The second-order valence-corrected chi connectivity index (χ2v) is 8.47. The van der Waals surface area contributed by atoms with E-state index < -0.39 is 0 Å². The van der Waals surface area contributed by atoms with Crippen LogP contribution in [0.5, 0.6) is 5.75 Å². The topological polar surface area (TPSA) is 82.1 Å². The smallest absolute Gasteiger partial charge is 0.333 e. The largest absolute Gasteiger partial charge is 0.516 e. The van der Waals surface area contributed by atoms with E-state index in [1.54, 1.807) is 13.0 Å². The zero-order chi connectivity index (χ0) is 27.3. The fourth-order valence-electron chi connectivity index (χ4n) is 3.23. The van der Waals surface area contributed by atoms with E-state index in [0.29, 0.717) is 17.8 Å². The van der Waals surface area contributed by atoms with Gasteiger partial charge < -0.3 is 19.3 Å². The molecule has 6 nitrogen and oxygen atoms in total. The molecule has 1 aliphatic carbocycles. The van der Waals surface area contributed by atoms with Crippen molar-refractivity contribution in [2.24, 2.45) is 0 Å². The van der Waals surface area contributed by atoms with Crippen LogP contribution in [-0.4, -0.2) is 36.4 Å². The van der Waals surface area contributed by atoms with Crippen molar-refractivity contribution in [2.45, 2.75) is 58.5 Å². The number of rotatable bonds is 10. The van der Waals surface area contributed by atoms with Gasteiger partial charge in [-0.05, 0) is 62.8 Å². The van der Waals surface area contributed by atoms with Crippen LogP contribution in [0.1, 0.15) is 57.9 Å². The number of carbonyl (C=O) groups is 2. The minimum atomic E-state index is -0.383. The molecule has 0 aromatic heterocycles. The van der Waals surface area contributed by atoms with Crippen molar-refractivity contribution in [2.75, 3.05) is 13.2 Å². The molecule has 1 fully saturated rings. The Bertz CT molecular complexity index is 960. The molecular weight excluding hydrogens is 468 g/mol. The van der Waals surface area contributed by atoms with E-state index in [0.717, 1.165) is 43.3 Å². The van der Waals surface area contributed by atoms with E-state index in [9.17, 15) is 9.59 Å². The Morgan fingerprint density at radius 3 is 2.08 bits per heavy atom. The van der Waals surface area contributed by atoms with Crippen LogP contribution in [0.15, 0.2) is 91.2 Å². The molecule has 0 radical (unpaired) electrons. The van der Waals surface area contributed by atoms with E-state index in [-0.39, 0.29) is 24.6 Å². The molecule has 0 aliphatic heterocycles. The lowest BCUT2D eigenvalue weighted by molar-refractivity contribution is -0.144. The van der Waals surface area contributed by atoms with Crippen molar-refractivity contribution in [1.82, 2.24) is 0 Å². The van der Waals surface area contributed by atoms with Crippen molar-refractivity contribution in [3.05, 3.63) is 96.8 Å². The molecule has 0 bridgehead atoms. The van der Waals surface area contributed by atoms with Gasteiger partial charge in [0, 0.05) is 11.1 Å². The first-order chi connectivity index (χ1) is 17.9. The molecule has 0 amide bonds. The predicted molar refractivity (Wildman–Crippen MR) is 148 cm³/mol. The minimum Gasteiger partial charge on any atom is -0.516 e. The predicted octanol–water partition coefficient (Wildman–Crippen LogP) is 7.23. The van der Waals surface area contributed by atoms with Crippen molar-refractivity contribution in [3.8, 4) is 5.75 Å². The van der Waals surface area contributed by atoms with Crippen LogP contribution in [0.2, 0.25) is 0 Å². The Balaban J connectivity index is 0.000000286. The van der Waals surface area contributed by atoms with Gasteiger partial charge in [-0.1, -0.05) is 75.0 Å². The van der Waals surface area contributed by atoms with Gasteiger partial charge in [-0.3, -0.25) is 0 Å². The minimum absolute atomic E-state index is 0.168. The lowest BCUT2D eigenvalue weighted by Gasteiger charge is -2.11. The van der Waals surface area contributed by atoms with Gasteiger partial charge in [0.1, 0.15) is 25.1 Å². The first-order valence-electron chi connectivity index (χ1n) is 12.6. The molecule has 1 N–H and O–H groups in total. The van der Waals surface area contributed by atoms with Crippen molar-refractivity contribution >= 4 is 18.0 Å². The number of hydrogen-bond donors (Lipinski definition) is 1. The van der Waals surface area contributed by atoms with Gasteiger partial charge in [0.2, 0.25) is 0 Å². The second kappa shape index (κ2) is 19.4. The van der Waals surface area contributed by atoms with Gasteiger partial charge in [0.25, 0.3) is 0 Å². The monoisotopic (exact) mass is 508 g/mol. The Hall–Kier alpha value is -3.80. The summed E-state index contributed by atoms with van der Waals surface area (Å²) in [5.41, 5.74) is 2.03. The number of aliphatic hydroxyl groups excluding tert-OH is 1. The normalized spacial score (nSPS) is 12.4. The summed E-state index contributed by atoms with van der Waals surface area (Å²) in [7, 11) is 0. The number of para-hydroxylation sites is 1. The zero-order valence-corrected chi connectivity index (χ0v) is 22.1. The van der Waals surface area contributed by atoms with Crippen LogP contribution in [0.25, 0.3) is 6.08 Å². The number of benzene rings is 2. The Morgan fingerprint density at radius 2 is 1.54 bits per heavy atom. The lowest BCUT2D eigenvalue weighted by Crippen LogP contribution is -2.15. The van der Waals surface area contributed by atoms with Gasteiger partial charge in [-0.25, -0.2) is 9.59 Å². The summed E-state index contributed by atoms with van der Waals surface area (Å²) in [6.07, 6.45) is 9.01. The lowest BCUT2D eigenvalue weighted by atomic mass is 10.2. The highest BCUT2D eigenvalue weighted by Gasteiger charge is 2.20. The van der Waals surface area contributed by atoms with Crippen molar-refractivity contribution < 1.29 is 28.9 Å². The molecule has 0 spiro atoms. The fraction of sp³-hybridized carbons (Fsp3) is 0.355. The zero-order valence-electron chi connectivity index (χ0n) is 22.1. The van der Waals surface area contributed by atoms with Gasteiger partial charge in [-0.15, -0.1) is 0 Å². The third-order valence-electron chi connectivity index (χ3n) is 5.16. The molecule has 3 rings (SSSR count). The Morgan fingerprint density at radius 1 is 0.946 bits per heavy atom. The maximum Gasteiger partial charge on any atom is 0.333 e. The highest BCUT2D eigenvalue weighted by Crippen LogP contribution is 2.22. The maximum absolute atomic E-state index is 11.4. The molecule has 200 valence electrons. The van der Waals surface area contributed by atoms with Crippen LogP contribution in [0.4, 0.5) is 0 Å². The first-order valence-corrected chi connectivity index (χ1v) is 12.6. The number of esters is 2. The molecule has 1 aliphatic rings. The fourth-order valence-corrected chi connectivity index (χ4v) is 3.23. The third-order valence-corrected chi connectivity index (χ3v) is 5.16. The molecule has 0 heterocycles. The van der Waals surface area contributed by atoms with Crippen LogP contribution in [-0.2, 0) is 19.1 Å². The maximum atomic E-state index is 11.4. The molecule has 6 heteroatoms. The highest BCUT2D eigenvalue weighted by molar-refractivity contribution is 5.87. The third kappa shape index (κ3) is 15.0. The van der Waals surface area contributed by atoms with E-state index in [1.165, 1.54) is 12.8 Å². The van der Waals surface area contributed by atoms with Crippen LogP contribution in [0, 0.1) is 0 Å². The second-order valence-electron chi connectivity index (χ2n) is 8.47. The molecule has 0 atom stereocenters. The van der Waals surface area contributed by atoms with Gasteiger partial charge in [0.05, 0.1) is 6.26 Å². The summed E-state index contributed by atoms with van der Waals surface area (Å²) >= 11 is 0. The van der Waals surface area contributed by atoms with Gasteiger partial charge in [0.15, 0.2) is 0 Å². The summed E-state index contributed by atoms with van der Waals surface area (Å²) < 4.78 is 15.5. The molecule has 0 saturated heterocycles. The van der Waals surface area contributed by atoms with Crippen molar-refractivity contribution in [1.29, 1.82) is 0 Å². The van der Waals surface area contributed by atoms with E-state index in [2.05, 4.69) is 13.2 Å². The first kappa shape index (κ1) is 31.2. The summed E-state index contributed by atoms with van der Waals surface area (Å²) in [5.74, 6) is 0.198. The number of aliphatic hydroxyl groups is 1. The molecule has 2 aromatic carbocycles. The Labute approximate surface area is 221 Å². The molecule has 37 heavy (non-hydrogen) atoms. The summed E-state index contributed by atoms with van der Waals surface area (Å²) in [6.45, 7) is 11.4.